The molecule has 0 unspecified atom stereocenters. The zero-order valence-electron chi connectivity index (χ0n) is 17.7. The summed E-state index contributed by atoms with van der Waals surface area (Å²) in [7, 11) is 0. The molecule has 160 valence electrons. The van der Waals surface area contributed by atoms with Crippen LogP contribution in [-0.2, 0) is 0 Å². The minimum absolute atomic E-state index is 0.0521. The number of fused-ring (bicyclic) bond motifs is 1. The van der Waals surface area contributed by atoms with E-state index < -0.39 is 0 Å². The number of hydrogen-bond donors (Lipinski definition) is 1. The minimum Gasteiger partial charge on any atom is -0.337 e. The Kier molecular flexibility index (Phi) is 5.35. The number of likely N-dealkylation sites (tertiary alicyclic amines) is 2. The second kappa shape index (κ2) is 8.14. The van der Waals surface area contributed by atoms with E-state index in [1.54, 1.807) is 6.07 Å². The molecular weight excluding hydrogens is 376 g/mol. The molecule has 2 aromatic rings. The molecule has 1 spiro atoms. The van der Waals surface area contributed by atoms with Crippen LogP contribution in [-0.4, -0.2) is 58.6 Å². The van der Waals surface area contributed by atoms with E-state index in [9.17, 15) is 9.59 Å². The van der Waals surface area contributed by atoms with Gasteiger partial charge >= 0.3 is 0 Å². The summed E-state index contributed by atoms with van der Waals surface area (Å²) in [5.74, 6) is 0.813. The summed E-state index contributed by atoms with van der Waals surface area (Å²) < 4.78 is 0. The van der Waals surface area contributed by atoms with Crippen molar-refractivity contribution in [3.8, 4) is 0 Å². The third-order valence-electron chi connectivity index (χ3n) is 7.61. The number of aromatic amines is 1. The lowest BCUT2D eigenvalue weighted by atomic mass is 9.78. The Hall–Kier alpha value is -2.21. The Morgan fingerprint density at radius 1 is 1.03 bits per heavy atom. The molecule has 0 bridgehead atoms. The number of H-pyrrole nitrogens is 1. The zero-order chi connectivity index (χ0) is 20.6. The first-order valence-electron chi connectivity index (χ1n) is 11.6. The molecule has 6 heteroatoms. The quantitative estimate of drug-likeness (QED) is 0.845. The molecular formula is C24H32N4O2. The maximum absolute atomic E-state index is 13.3. The van der Waals surface area contributed by atoms with Crippen molar-refractivity contribution in [3.63, 3.8) is 0 Å². The SMILES string of the molecule is O=C(c1n[nH]c(=O)c2ccccc12)N1CC[C@@]2(CCCN(CC3CCCCC3)C2)C1. The van der Waals surface area contributed by atoms with E-state index in [2.05, 4.69) is 15.1 Å². The van der Waals surface area contributed by atoms with Crippen molar-refractivity contribution in [2.24, 2.45) is 11.3 Å². The van der Waals surface area contributed by atoms with Gasteiger partial charge in [0, 0.05) is 37.0 Å². The Balaban J connectivity index is 1.30. The number of carbonyl (C=O) groups is 1. The van der Waals surface area contributed by atoms with Crippen LogP contribution in [0.4, 0.5) is 0 Å². The highest BCUT2D eigenvalue weighted by Crippen LogP contribution is 2.40. The molecule has 2 aliphatic heterocycles. The lowest BCUT2D eigenvalue weighted by Crippen LogP contribution is -2.47. The monoisotopic (exact) mass is 408 g/mol. The van der Waals surface area contributed by atoms with Crippen molar-refractivity contribution < 1.29 is 4.79 Å². The fraction of sp³-hybridized carbons (Fsp3) is 0.625. The highest BCUT2D eigenvalue weighted by atomic mass is 16.2. The molecule has 6 nitrogen and oxygen atoms in total. The van der Waals surface area contributed by atoms with E-state index in [4.69, 9.17) is 0 Å². The molecule has 1 aromatic carbocycles. The van der Waals surface area contributed by atoms with Gasteiger partial charge in [0.25, 0.3) is 11.5 Å². The molecule has 1 amide bonds. The first-order chi connectivity index (χ1) is 14.6. The Bertz CT molecular complexity index is 981. The molecule has 3 heterocycles. The molecule has 30 heavy (non-hydrogen) atoms. The number of rotatable bonds is 3. The molecule has 1 saturated carbocycles. The molecule has 1 aromatic heterocycles. The van der Waals surface area contributed by atoms with Gasteiger partial charge in [-0.15, -0.1) is 0 Å². The van der Waals surface area contributed by atoms with Crippen LogP contribution in [0.2, 0.25) is 0 Å². The summed E-state index contributed by atoms with van der Waals surface area (Å²) in [5, 5.41) is 7.82. The van der Waals surface area contributed by atoms with Crippen LogP contribution in [0.25, 0.3) is 10.8 Å². The van der Waals surface area contributed by atoms with Crippen LogP contribution in [0.1, 0.15) is 61.9 Å². The van der Waals surface area contributed by atoms with Gasteiger partial charge in [0.2, 0.25) is 0 Å². The zero-order valence-corrected chi connectivity index (χ0v) is 17.7. The van der Waals surface area contributed by atoms with Crippen molar-refractivity contribution >= 4 is 16.7 Å². The maximum Gasteiger partial charge on any atom is 0.274 e. The fourth-order valence-corrected chi connectivity index (χ4v) is 6.07. The highest BCUT2D eigenvalue weighted by Gasteiger charge is 2.43. The summed E-state index contributed by atoms with van der Waals surface area (Å²) in [6, 6.07) is 7.25. The molecule has 1 atom stereocenters. The first kappa shape index (κ1) is 19.7. The lowest BCUT2D eigenvalue weighted by molar-refractivity contribution is 0.0627. The van der Waals surface area contributed by atoms with Crippen molar-refractivity contribution in [1.82, 2.24) is 20.0 Å². The van der Waals surface area contributed by atoms with Gasteiger partial charge in [-0.1, -0.05) is 37.5 Å². The predicted octanol–water partition coefficient (Wildman–Crippen LogP) is 3.43. The summed E-state index contributed by atoms with van der Waals surface area (Å²) in [5.41, 5.74) is 0.350. The van der Waals surface area contributed by atoms with Gasteiger partial charge in [0.15, 0.2) is 5.69 Å². The van der Waals surface area contributed by atoms with Crippen LogP contribution >= 0.6 is 0 Å². The molecule has 3 aliphatic rings. The van der Waals surface area contributed by atoms with Gasteiger partial charge in [-0.2, -0.15) is 5.10 Å². The smallest absolute Gasteiger partial charge is 0.274 e. The number of nitrogens with one attached hydrogen (secondary N) is 1. The Labute approximate surface area is 177 Å². The van der Waals surface area contributed by atoms with Crippen LogP contribution in [0.15, 0.2) is 29.1 Å². The average Bonchev–Trinajstić information content (AvgIpc) is 3.17. The average molecular weight is 409 g/mol. The van der Waals surface area contributed by atoms with Gasteiger partial charge in [-0.3, -0.25) is 9.59 Å². The predicted molar refractivity (Wildman–Crippen MR) is 118 cm³/mol. The minimum atomic E-state index is -0.245. The van der Waals surface area contributed by atoms with Crippen LogP contribution in [0.5, 0.6) is 0 Å². The summed E-state index contributed by atoms with van der Waals surface area (Å²) in [6.45, 7) is 5.15. The van der Waals surface area contributed by atoms with Gasteiger partial charge in [0.05, 0.1) is 5.39 Å². The Morgan fingerprint density at radius 2 is 1.83 bits per heavy atom. The fourth-order valence-electron chi connectivity index (χ4n) is 6.07. The third-order valence-corrected chi connectivity index (χ3v) is 7.61. The summed E-state index contributed by atoms with van der Waals surface area (Å²) in [6.07, 6.45) is 10.5. The standard InChI is InChI=1S/C24H32N4O2/c29-22-20-10-5-4-9-19(20)21(25-26-22)23(30)28-14-12-24(17-28)11-6-13-27(16-24)15-18-7-2-1-3-8-18/h4-5,9-10,18H,1-3,6-8,11-17H2,(H,26,29)/t24-/m1/s1. The molecule has 1 N–H and O–H groups in total. The summed E-state index contributed by atoms with van der Waals surface area (Å²) >= 11 is 0. The van der Waals surface area contributed by atoms with Gasteiger partial charge in [-0.25, -0.2) is 5.10 Å². The molecule has 1 aliphatic carbocycles. The van der Waals surface area contributed by atoms with Gasteiger partial charge in [-0.05, 0) is 50.6 Å². The number of aromatic nitrogens is 2. The number of nitrogens with zero attached hydrogens (tertiary/aromatic N) is 3. The maximum atomic E-state index is 13.3. The van der Waals surface area contributed by atoms with E-state index in [0.717, 1.165) is 32.0 Å². The second-order valence-corrected chi connectivity index (χ2v) is 9.77. The number of hydrogen-bond acceptors (Lipinski definition) is 4. The van der Waals surface area contributed by atoms with Crippen LogP contribution in [0, 0.1) is 11.3 Å². The highest BCUT2D eigenvalue weighted by molar-refractivity contribution is 6.04. The number of amides is 1. The van der Waals surface area contributed by atoms with E-state index in [-0.39, 0.29) is 16.9 Å². The van der Waals surface area contributed by atoms with Gasteiger partial charge in [0.1, 0.15) is 0 Å². The van der Waals surface area contributed by atoms with Crippen molar-refractivity contribution in [3.05, 3.63) is 40.3 Å². The Morgan fingerprint density at radius 3 is 2.67 bits per heavy atom. The van der Waals surface area contributed by atoms with Crippen molar-refractivity contribution in [1.29, 1.82) is 0 Å². The number of benzene rings is 1. The lowest BCUT2D eigenvalue weighted by Gasteiger charge is -2.42. The normalized spacial score (nSPS) is 25.9. The summed E-state index contributed by atoms with van der Waals surface area (Å²) in [4.78, 5) is 30.0. The van der Waals surface area contributed by atoms with E-state index in [1.165, 1.54) is 58.0 Å². The van der Waals surface area contributed by atoms with Crippen molar-refractivity contribution in [2.75, 3.05) is 32.7 Å². The van der Waals surface area contributed by atoms with Crippen LogP contribution in [0.3, 0.4) is 0 Å². The molecule has 0 radical (unpaired) electrons. The third kappa shape index (κ3) is 3.78. The second-order valence-electron chi connectivity index (χ2n) is 9.77. The topological polar surface area (TPSA) is 69.3 Å². The van der Waals surface area contributed by atoms with E-state index in [1.807, 2.05) is 23.1 Å². The van der Waals surface area contributed by atoms with Gasteiger partial charge < -0.3 is 9.80 Å². The molecule has 2 saturated heterocycles. The number of carbonyl (C=O) groups excluding carboxylic acids is 1. The largest absolute Gasteiger partial charge is 0.337 e. The van der Waals surface area contributed by atoms with Crippen LogP contribution < -0.4 is 5.56 Å². The van der Waals surface area contributed by atoms with E-state index >= 15 is 0 Å². The first-order valence-corrected chi connectivity index (χ1v) is 11.6. The number of piperidine rings is 1. The molecule has 5 rings (SSSR count). The van der Waals surface area contributed by atoms with E-state index in [0.29, 0.717) is 16.5 Å². The molecule has 3 fully saturated rings. The van der Waals surface area contributed by atoms with Crippen molar-refractivity contribution in [2.45, 2.75) is 51.4 Å².